The molecule has 1 aliphatic rings. The van der Waals surface area contributed by atoms with Gasteiger partial charge in [-0.05, 0) is 24.6 Å². The summed E-state index contributed by atoms with van der Waals surface area (Å²) in [5, 5.41) is 4.32. The fourth-order valence-electron chi connectivity index (χ4n) is 2.75. The smallest absolute Gasteiger partial charge is 0.208 e. The zero-order valence-corrected chi connectivity index (χ0v) is 13.3. The van der Waals surface area contributed by atoms with Crippen LogP contribution in [0.15, 0.2) is 35.1 Å². The predicted octanol–water partition coefficient (Wildman–Crippen LogP) is 0.800. The lowest BCUT2D eigenvalue weighted by Gasteiger charge is -2.28. The van der Waals surface area contributed by atoms with Gasteiger partial charge < -0.3 is 4.42 Å². The maximum atomic E-state index is 11.4. The zero-order chi connectivity index (χ0) is 15.6. The van der Waals surface area contributed by atoms with Crippen LogP contribution in [0.25, 0.3) is 0 Å². The molecule has 7 nitrogen and oxygen atoms in total. The normalized spacial score (nSPS) is 19.8. The Bertz CT molecular complexity index is 708. The largest absolute Gasteiger partial charge is 0.468 e. The number of sulfonamides is 1. The monoisotopic (exact) mass is 324 g/mol. The standard InChI is InChI=1S/C14H20N4O3S/c1-22(19,20)16-9-12-5-7-18-13(4-6-15-18)10-17(12)11-14-3-2-8-21-14/h2-4,6,8,12,16H,5,7,9-11H2,1H3/t12-/m1/s1. The lowest BCUT2D eigenvalue weighted by atomic mass is 10.1. The summed E-state index contributed by atoms with van der Waals surface area (Å²) < 4.78 is 32.8. The highest BCUT2D eigenvalue weighted by molar-refractivity contribution is 7.88. The first-order valence-corrected chi connectivity index (χ1v) is 9.12. The van der Waals surface area contributed by atoms with E-state index in [-0.39, 0.29) is 6.04 Å². The Hall–Kier alpha value is -1.64. The van der Waals surface area contributed by atoms with Crippen LogP contribution in [0.1, 0.15) is 17.9 Å². The molecule has 120 valence electrons. The predicted molar refractivity (Wildman–Crippen MR) is 81.4 cm³/mol. The molecular formula is C14H20N4O3S. The number of aryl methyl sites for hydroxylation is 1. The zero-order valence-electron chi connectivity index (χ0n) is 12.5. The second kappa shape index (κ2) is 6.23. The lowest BCUT2D eigenvalue weighted by Crippen LogP contribution is -2.42. The van der Waals surface area contributed by atoms with Crippen molar-refractivity contribution in [2.45, 2.75) is 32.1 Å². The number of hydrogen-bond donors (Lipinski definition) is 1. The molecule has 0 amide bonds. The Morgan fingerprint density at radius 3 is 3.05 bits per heavy atom. The number of rotatable bonds is 5. The van der Waals surface area contributed by atoms with E-state index < -0.39 is 10.0 Å². The van der Waals surface area contributed by atoms with Gasteiger partial charge in [0, 0.05) is 31.9 Å². The van der Waals surface area contributed by atoms with E-state index >= 15 is 0 Å². The molecule has 0 saturated heterocycles. The van der Waals surface area contributed by atoms with Crippen LogP contribution in [-0.2, 0) is 29.7 Å². The van der Waals surface area contributed by atoms with Gasteiger partial charge in [-0.1, -0.05) is 0 Å². The van der Waals surface area contributed by atoms with Crippen molar-refractivity contribution in [3.63, 3.8) is 0 Å². The van der Waals surface area contributed by atoms with Gasteiger partial charge in [0.25, 0.3) is 0 Å². The quantitative estimate of drug-likeness (QED) is 0.880. The van der Waals surface area contributed by atoms with Gasteiger partial charge in [-0.25, -0.2) is 13.1 Å². The third kappa shape index (κ3) is 3.76. The molecule has 1 N–H and O–H groups in total. The molecule has 0 unspecified atom stereocenters. The van der Waals surface area contributed by atoms with E-state index in [0.717, 1.165) is 31.0 Å². The van der Waals surface area contributed by atoms with Crippen molar-refractivity contribution < 1.29 is 12.8 Å². The van der Waals surface area contributed by atoms with Crippen LogP contribution in [0, 0.1) is 0 Å². The van der Waals surface area contributed by atoms with Crippen molar-refractivity contribution in [3.8, 4) is 0 Å². The first-order chi connectivity index (χ1) is 10.5. The SMILES string of the molecule is CS(=O)(=O)NC[C@H]1CCn2nccc2CN1Cc1ccco1. The van der Waals surface area contributed by atoms with Gasteiger partial charge in [0.2, 0.25) is 10.0 Å². The van der Waals surface area contributed by atoms with Crippen molar-refractivity contribution in [3.05, 3.63) is 42.1 Å². The molecule has 0 bridgehead atoms. The van der Waals surface area contributed by atoms with E-state index in [1.54, 1.807) is 12.5 Å². The Morgan fingerprint density at radius 2 is 2.32 bits per heavy atom. The summed E-state index contributed by atoms with van der Waals surface area (Å²) in [4.78, 5) is 2.23. The second-order valence-electron chi connectivity index (χ2n) is 5.59. The molecule has 0 saturated carbocycles. The van der Waals surface area contributed by atoms with E-state index in [9.17, 15) is 8.42 Å². The van der Waals surface area contributed by atoms with Gasteiger partial charge >= 0.3 is 0 Å². The van der Waals surface area contributed by atoms with Crippen molar-refractivity contribution in [2.75, 3.05) is 12.8 Å². The van der Waals surface area contributed by atoms with Crippen LogP contribution < -0.4 is 4.72 Å². The summed E-state index contributed by atoms with van der Waals surface area (Å²) in [6, 6.07) is 5.90. The summed E-state index contributed by atoms with van der Waals surface area (Å²) in [5.41, 5.74) is 1.13. The highest BCUT2D eigenvalue weighted by Crippen LogP contribution is 2.19. The van der Waals surface area contributed by atoms with Crippen molar-refractivity contribution in [1.29, 1.82) is 0 Å². The molecule has 1 aliphatic heterocycles. The van der Waals surface area contributed by atoms with E-state index in [1.165, 1.54) is 6.26 Å². The molecule has 2 aromatic rings. The van der Waals surface area contributed by atoms with Crippen LogP contribution in [0.2, 0.25) is 0 Å². The molecule has 8 heteroatoms. The number of hydrogen-bond acceptors (Lipinski definition) is 5. The highest BCUT2D eigenvalue weighted by Gasteiger charge is 2.25. The number of furan rings is 1. The lowest BCUT2D eigenvalue weighted by molar-refractivity contribution is 0.163. The number of aromatic nitrogens is 2. The molecule has 3 rings (SSSR count). The molecule has 1 atom stereocenters. The molecular weight excluding hydrogens is 304 g/mol. The number of nitrogens with one attached hydrogen (secondary N) is 1. The Kier molecular flexibility index (Phi) is 4.32. The summed E-state index contributed by atoms with van der Waals surface area (Å²) in [6.07, 6.45) is 5.47. The summed E-state index contributed by atoms with van der Waals surface area (Å²) in [6.45, 7) is 2.54. The van der Waals surface area contributed by atoms with Crippen molar-refractivity contribution in [1.82, 2.24) is 19.4 Å². The third-order valence-electron chi connectivity index (χ3n) is 3.88. The second-order valence-corrected chi connectivity index (χ2v) is 7.43. The van der Waals surface area contributed by atoms with E-state index in [4.69, 9.17) is 4.42 Å². The first kappa shape index (κ1) is 15.3. The average molecular weight is 324 g/mol. The number of fused-ring (bicyclic) bond motifs is 1. The molecule has 22 heavy (non-hydrogen) atoms. The van der Waals surface area contributed by atoms with Crippen LogP contribution in [0.4, 0.5) is 0 Å². The van der Waals surface area contributed by atoms with Crippen LogP contribution >= 0.6 is 0 Å². The average Bonchev–Trinajstić information content (AvgIpc) is 3.07. The highest BCUT2D eigenvalue weighted by atomic mass is 32.2. The van der Waals surface area contributed by atoms with Gasteiger partial charge in [0.15, 0.2) is 0 Å². The van der Waals surface area contributed by atoms with E-state index in [2.05, 4.69) is 14.7 Å². The Balaban J connectivity index is 1.77. The molecule has 0 aromatic carbocycles. The topological polar surface area (TPSA) is 80.4 Å². The first-order valence-electron chi connectivity index (χ1n) is 7.23. The number of nitrogens with zero attached hydrogens (tertiary/aromatic N) is 3. The molecule has 0 aliphatic carbocycles. The maximum Gasteiger partial charge on any atom is 0.208 e. The molecule has 0 fully saturated rings. The van der Waals surface area contributed by atoms with Gasteiger partial charge in [-0.15, -0.1) is 0 Å². The molecule has 0 spiro atoms. The van der Waals surface area contributed by atoms with Gasteiger partial charge in [-0.3, -0.25) is 9.58 Å². The van der Waals surface area contributed by atoms with Crippen LogP contribution in [0.3, 0.4) is 0 Å². The summed E-state index contributed by atoms with van der Waals surface area (Å²) in [5.74, 6) is 0.873. The van der Waals surface area contributed by atoms with Crippen molar-refractivity contribution >= 4 is 10.0 Å². The van der Waals surface area contributed by atoms with Gasteiger partial charge in [0.05, 0.1) is 24.8 Å². The van der Waals surface area contributed by atoms with E-state index in [1.807, 2.05) is 22.9 Å². The molecule has 2 aromatic heterocycles. The van der Waals surface area contributed by atoms with Crippen LogP contribution in [-0.4, -0.2) is 41.9 Å². The Labute approximate surface area is 130 Å². The molecule has 3 heterocycles. The van der Waals surface area contributed by atoms with E-state index in [0.29, 0.717) is 13.1 Å². The summed E-state index contributed by atoms with van der Waals surface area (Å²) in [7, 11) is -3.20. The Morgan fingerprint density at radius 1 is 1.45 bits per heavy atom. The van der Waals surface area contributed by atoms with Gasteiger partial charge in [0.1, 0.15) is 5.76 Å². The fraction of sp³-hybridized carbons (Fsp3) is 0.500. The fourth-order valence-corrected chi connectivity index (χ4v) is 3.25. The van der Waals surface area contributed by atoms with Crippen LogP contribution in [0.5, 0.6) is 0 Å². The maximum absolute atomic E-state index is 11.4. The third-order valence-corrected chi connectivity index (χ3v) is 4.57. The van der Waals surface area contributed by atoms with Gasteiger partial charge in [-0.2, -0.15) is 5.10 Å². The minimum absolute atomic E-state index is 0.0986. The minimum Gasteiger partial charge on any atom is -0.468 e. The minimum atomic E-state index is -3.20. The summed E-state index contributed by atoms with van der Waals surface area (Å²) >= 11 is 0. The van der Waals surface area contributed by atoms with Crippen molar-refractivity contribution in [2.24, 2.45) is 0 Å². The molecule has 0 radical (unpaired) electrons.